The number of fused-ring (bicyclic) bond motifs is 1. The zero-order chi connectivity index (χ0) is 12.4. The lowest BCUT2D eigenvalue weighted by Gasteiger charge is -2.33. The number of aryl methyl sites for hydroxylation is 1. The first kappa shape index (κ1) is 12.6. The highest BCUT2D eigenvalue weighted by atomic mass is 32.1. The Hall–Kier alpha value is -0.380. The molecule has 1 atom stereocenters. The molecule has 2 aliphatic rings. The summed E-state index contributed by atoms with van der Waals surface area (Å²) in [6.45, 7) is 0.380. The molecule has 100 valence electrons. The fourth-order valence-electron chi connectivity index (χ4n) is 3.46. The maximum atomic E-state index is 9.18. The Kier molecular flexibility index (Phi) is 4.02. The van der Waals surface area contributed by atoms with Crippen molar-refractivity contribution in [2.75, 3.05) is 6.61 Å². The molecule has 0 amide bonds. The zero-order valence-corrected chi connectivity index (χ0v) is 11.7. The van der Waals surface area contributed by atoms with Crippen LogP contribution in [0.2, 0.25) is 0 Å². The lowest BCUT2D eigenvalue weighted by atomic mass is 9.85. The molecule has 0 spiro atoms. The van der Waals surface area contributed by atoms with Crippen LogP contribution in [-0.4, -0.2) is 17.8 Å². The lowest BCUT2D eigenvalue weighted by Crippen LogP contribution is -2.37. The van der Waals surface area contributed by atoms with Gasteiger partial charge < -0.3 is 10.4 Å². The second kappa shape index (κ2) is 5.72. The third-order valence-electron chi connectivity index (χ3n) is 4.59. The van der Waals surface area contributed by atoms with E-state index in [1.807, 2.05) is 11.3 Å². The molecule has 1 unspecified atom stereocenters. The van der Waals surface area contributed by atoms with Crippen LogP contribution in [0.1, 0.15) is 55.0 Å². The van der Waals surface area contributed by atoms with Crippen molar-refractivity contribution in [3.05, 3.63) is 21.9 Å². The Morgan fingerprint density at radius 1 is 1.22 bits per heavy atom. The van der Waals surface area contributed by atoms with Crippen molar-refractivity contribution < 1.29 is 5.11 Å². The standard InChI is InChI=1S/C15H23NOS/c17-10-11-4-6-12(7-5-11)16-14-2-1-3-15-13(14)8-9-18-15/h8-9,11-12,14,16-17H,1-7,10H2. The van der Waals surface area contributed by atoms with Crippen LogP contribution in [0.5, 0.6) is 0 Å². The average Bonchev–Trinajstić information content (AvgIpc) is 2.89. The highest BCUT2D eigenvalue weighted by Gasteiger charge is 2.26. The number of nitrogens with one attached hydrogen (secondary N) is 1. The normalized spacial score (nSPS) is 32.2. The largest absolute Gasteiger partial charge is 0.396 e. The van der Waals surface area contributed by atoms with E-state index in [0.717, 1.165) is 0 Å². The Morgan fingerprint density at radius 3 is 2.83 bits per heavy atom. The van der Waals surface area contributed by atoms with Gasteiger partial charge in [0.2, 0.25) is 0 Å². The van der Waals surface area contributed by atoms with Crippen LogP contribution in [0.25, 0.3) is 0 Å². The summed E-state index contributed by atoms with van der Waals surface area (Å²) in [5.41, 5.74) is 1.57. The highest BCUT2D eigenvalue weighted by Crippen LogP contribution is 2.35. The molecule has 3 heteroatoms. The summed E-state index contributed by atoms with van der Waals surface area (Å²) in [6, 6.07) is 3.58. The molecule has 2 aliphatic carbocycles. The number of aliphatic hydroxyl groups excluding tert-OH is 1. The van der Waals surface area contributed by atoms with Crippen LogP contribution < -0.4 is 5.32 Å². The SMILES string of the molecule is OCC1CCC(NC2CCCc3sccc32)CC1. The van der Waals surface area contributed by atoms with E-state index < -0.39 is 0 Å². The van der Waals surface area contributed by atoms with Gasteiger partial charge >= 0.3 is 0 Å². The molecule has 0 aromatic carbocycles. The maximum Gasteiger partial charge on any atom is 0.0459 e. The first-order chi connectivity index (χ1) is 8.86. The molecule has 3 rings (SSSR count). The highest BCUT2D eigenvalue weighted by molar-refractivity contribution is 7.10. The summed E-state index contributed by atoms with van der Waals surface area (Å²) in [5, 5.41) is 15.3. The van der Waals surface area contributed by atoms with Crippen LogP contribution in [0.3, 0.4) is 0 Å². The minimum absolute atomic E-state index is 0.380. The molecule has 1 aromatic heterocycles. The van der Waals surface area contributed by atoms with Gasteiger partial charge in [-0.1, -0.05) is 0 Å². The molecule has 1 heterocycles. The van der Waals surface area contributed by atoms with Crippen LogP contribution in [0, 0.1) is 5.92 Å². The Labute approximate surface area is 113 Å². The quantitative estimate of drug-likeness (QED) is 0.879. The van der Waals surface area contributed by atoms with E-state index in [4.69, 9.17) is 0 Å². The van der Waals surface area contributed by atoms with Gasteiger partial charge in [-0.2, -0.15) is 0 Å². The smallest absolute Gasteiger partial charge is 0.0459 e. The molecule has 1 saturated carbocycles. The molecule has 0 radical (unpaired) electrons. The molecule has 1 aromatic rings. The number of thiophene rings is 1. The van der Waals surface area contributed by atoms with Gasteiger partial charge in [0.25, 0.3) is 0 Å². The first-order valence-corrected chi connectivity index (χ1v) is 8.18. The molecule has 1 fully saturated rings. The van der Waals surface area contributed by atoms with E-state index in [0.29, 0.717) is 24.6 Å². The van der Waals surface area contributed by atoms with Crippen LogP contribution >= 0.6 is 11.3 Å². The minimum atomic E-state index is 0.380. The summed E-state index contributed by atoms with van der Waals surface area (Å²) < 4.78 is 0. The van der Waals surface area contributed by atoms with Crippen LogP contribution in [0.4, 0.5) is 0 Å². The number of hydrogen-bond acceptors (Lipinski definition) is 3. The van der Waals surface area contributed by atoms with Gasteiger partial charge in [0.15, 0.2) is 0 Å². The summed E-state index contributed by atoms with van der Waals surface area (Å²) in [7, 11) is 0. The van der Waals surface area contributed by atoms with Crippen molar-refractivity contribution in [1.82, 2.24) is 5.32 Å². The minimum Gasteiger partial charge on any atom is -0.396 e. The zero-order valence-electron chi connectivity index (χ0n) is 10.9. The van der Waals surface area contributed by atoms with Crippen LogP contribution in [-0.2, 0) is 6.42 Å². The second-order valence-corrected chi connectivity index (χ2v) is 6.81. The lowest BCUT2D eigenvalue weighted by molar-refractivity contribution is 0.170. The third-order valence-corrected chi connectivity index (χ3v) is 5.59. The van der Waals surface area contributed by atoms with E-state index in [2.05, 4.69) is 16.8 Å². The molecule has 2 nitrogen and oxygen atoms in total. The predicted molar refractivity (Wildman–Crippen MR) is 76.0 cm³/mol. The van der Waals surface area contributed by atoms with Gasteiger partial charge in [0.1, 0.15) is 0 Å². The van der Waals surface area contributed by atoms with Gasteiger partial charge in [0, 0.05) is 23.6 Å². The van der Waals surface area contributed by atoms with Gasteiger partial charge in [-0.05, 0) is 67.9 Å². The Balaban J connectivity index is 1.58. The maximum absolute atomic E-state index is 9.18. The number of hydrogen-bond donors (Lipinski definition) is 2. The van der Waals surface area contributed by atoms with E-state index >= 15 is 0 Å². The molecule has 0 aliphatic heterocycles. The van der Waals surface area contributed by atoms with Gasteiger partial charge in [-0.15, -0.1) is 11.3 Å². The van der Waals surface area contributed by atoms with E-state index in [9.17, 15) is 5.11 Å². The number of aliphatic hydroxyl groups is 1. The molecule has 0 bridgehead atoms. The van der Waals surface area contributed by atoms with E-state index in [1.54, 1.807) is 10.4 Å². The first-order valence-electron chi connectivity index (χ1n) is 7.30. The van der Waals surface area contributed by atoms with Crippen molar-refractivity contribution in [3.63, 3.8) is 0 Å². The van der Waals surface area contributed by atoms with E-state index in [1.165, 1.54) is 44.9 Å². The topological polar surface area (TPSA) is 32.3 Å². The summed E-state index contributed by atoms with van der Waals surface area (Å²) in [4.78, 5) is 1.60. The van der Waals surface area contributed by atoms with Crippen molar-refractivity contribution in [1.29, 1.82) is 0 Å². The fraction of sp³-hybridized carbons (Fsp3) is 0.733. The monoisotopic (exact) mass is 265 g/mol. The van der Waals surface area contributed by atoms with Gasteiger partial charge in [-0.3, -0.25) is 0 Å². The molecule has 0 saturated heterocycles. The third kappa shape index (κ3) is 2.63. The molecule has 2 N–H and O–H groups in total. The molecular formula is C15H23NOS. The van der Waals surface area contributed by atoms with Gasteiger partial charge in [0.05, 0.1) is 0 Å². The van der Waals surface area contributed by atoms with Crippen LogP contribution in [0.15, 0.2) is 11.4 Å². The van der Waals surface area contributed by atoms with Crippen molar-refractivity contribution >= 4 is 11.3 Å². The molecule has 18 heavy (non-hydrogen) atoms. The summed E-state index contributed by atoms with van der Waals surface area (Å²) in [5.74, 6) is 0.561. The summed E-state index contributed by atoms with van der Waals surface area (Å²) >= 11 is 1.92. The van der Waals surface area contributed by atoms with Crippen molar-refractivity contribution in [3.8, 4) is 0 Å². The van der Waals surface area contributed by atoms with Gasteiger partial charge in [-0.25, -0.2) is 0 Å². The Bertz CT molecular complexity index is 382. The second-order valence-electron chi connectivity index (χ2n) is 5.81. The number of rotatable bonds is 3. The summed E-state index contributed by atoms with van der Waals surface area (Å²) in [6.07, 6.45) is 8.76. The fourth-order valence-corrected chi connectivity index (χ4v) is 4.44. The Morgan fingerprint density at radius 2 is 2.06 bits per heavy atom. The average molecular weight is 265 g/mol. The van der Waals surface area contributed by atoms with Crippen molar-refractivity contribution in [2.24, 2.45) is 5.92 Å². The van der Waals surface area contributed by atoms with E-state index in [-0.39, 0.29) is 0 Å². The van der Waals surface area contributed by atoms with Crippen molar-refractivity contribution in [2.45, 2.75) is 57.0 Å². The predicted octanol–water partition coefficient (Wildman–Crippen LogP) is 3.27. The molecular weight excluding hydrogens is 242 g/mol.